The van der Waals surface area contributed by atoms with Gasteiger partial charge in [-0.25, -0.2) is 4.98 Å². The molecule has 84 valence electrons. The van der Waals surface area contributed by atoms with Crippen molar-refractivity contribution >= 4 is 11.6 Å². The van der Waals surface area contributed by atoms with Crippen LogP contribution in [0.2, 0.25) is 5.15 Å². The molecule has 0 aliphatic carbocycles. The van der Waals surface area contributed by atoms with E-state index in [1.807, 2.05) is 19.1 Å². The molecule has 1 heterocycles. The first-order valence-electron chi connectivity index (χ1n) is 5.16. The Kier molecular flexibility index (Phi) is 5.61. The number of ether oxygens (including phenoxy) is 1. The Morgan fingerprint density at radius 1 is 1.60 bits per heavy atom. The summed E-state index contributed by atoms with van der Waals surface area (Å²) in [5, 5.41) is 3.88. The average molecular weight is 229 g/mol. The summed E-state index contributed by atoms with van der Waals surface area (Å²) in [6, 6.07) is 4.11. The fourth-order valence-corrected chi connectivity index (χ4v) is 1.48. The van der Waals surface area contributed by atoms with Crippen LogP contribution >= 0.6 is 11.6 Å². The number of pyridine rings is 1. The maximum Gasteiger partial charge on any atom is 0.129 e. The molecule has 0 aliphatic heterocycles. The molecule has 1 rings (SSSR count). The quantitative estimate of drug-likeness (QED) is 0.600. The summed E-state index contributed by atoms with van der Waals surface area (Å²) in [5.74, 6) is 0. The molecular formula is C11H17ClN2O. The Morgan fingerprint density at radius 3 is 3.07 bits per heavy atom. The fraction of sp³-hybridized carbons (Fsp3) is 0.545. The Labute approximate surface area is 95.8 Å². The second-order valence-corrected chi connectivity index (χ2v) is 3.67. The van der Waals surface area contributed by atoms with Gasteiger partial charge in [0.25, 0.3) is 0 Å². The molecule has 0 aromatic carbocycles. The summed E-state index contributed by atoms with van der Waals surface area (Å²) in [4.78, 5) is 3.94. The van der Waals surface area contributed by atoms with Crippen molar-refractivity contribution in [2.24, 2.45) is 0 Å². The molecular weight excluding hydrogens is 212 g/mol. The van der Waals surface area contributed by atoms with E-state index in [1.165, 1.54) is 0 Å². The molecule has 3 nitrogen and oxygen atoms in total. The van der Waals surface area contributed by atoms with Crippen molar-refractivity contribution in [3.05, 3.63) is 29.0 Å². The maximum absolute atomic E-state index is 5.81. The van der Waals surface area contributed by atoms with Gasteiger partial charge in [0.1, 0.15) is 5.15 Å². The molecule has 1 aromatic heterocycles. The SMILES string of the molecule is CCOCCNC(C)c1ccnc(Cl)c1. The summed E-state index contributed by atoms with van der Waals surface area (Å²) < 4.78 is 5.24. The fourth-order valence-electron chi connectivity index (χ4n) is 1.30. The molecule has 1 atom stereocenters. The van der Waals surface area contributed by atoms with Crippen molar-refractivity contribution in [3.63, 3.8) is 0 Å². The molecule has 0 saturated heterocycles. The number of nitrogens with one attached hydrogen (secondary N) is 1. The molecule has 1 unspecified atom stereocenters. The van der Waals surface area contributed by atoms with Crippen LogP contribution in [0.5, 0.6) is 0 Å². The zero-order chi connectivity index (χ0) is 11.1. The highest BCUT2D eigenvalue weighted by atomic mass is 35.5. The van der Waals surface area contributed by atoms with E-state index in [-0.39, 0.29) is 6.04 Å². The first-order chi connectivity index (χ1) is 7.24. The summed E-state index contributed by atoms with van der Waals surface area (Å²) >= 11 is 5.81. The van der Waals surface area contributed by atoms with Crippen molar-refractivity contribution < 1.29 is 4.74 Å². The van der Waals surface area contributed by atoms with Crippen molar-refractivity contribution in [1.82, 2.24) is 10.3 Å². The molecule has 15 heavy (non-hydrogen) atoms. The normalized spacial score (nSPS) is 12.7. The van der Waals surface area contributed by atoms with Gasteiger partial charge < -0.3 is 10.1 Å². The highest BCUT2D eigenvalue weighted by Crippen LogP contribution is 2.14. The zero-order valence-corrected chi connectivity index (χ0v) is 9.92. The Bertz CT molecular complexity index is 294. The molecule has 0 amide bonds. The lowest BCUT2D eigenvalue weighted by Crippen LogP contribution is -2.23. The van der Waals surface area contributed by atoms with Crippen molar-refractivity contribution in [1.29, 1.82) is 0 Å². The largest absolute Gasteiger partial charge is 0.380 e. The summed E-state index contributed by atoms with van der Waals surface area (Å²) in [6.07, 6.45) is 1.72. The van der Waals surface area contributed by atoms with Crippen LogP contribution < -0.4 is 5.32 Å². The monoisotopic (exact) mass is 228 g/mol. The van der Waals surface area contributed by atoms with Crippen molar-refractivity contribution in [2.75, 3.05) is 19.8 Å². The van der Waals surface area contributed by atoms with Crippen LogP contribution in [0.25, 0.3) is 0 Å². The van der Waals surface area contributed by atoms with Crippen LogP contribution in [0.15, 0.2) is 18.3 Å². The third-order valence-corrected chi connectivity index (χ3v) is 2.36. The minimum Gasteiger partial charge on any atom is -0.380 e. The van der Waals surface area contributed by atoms with Gasteiger partial charge >= 0.3 is 0 Å². The third-order valence-electron chi connectivity index (χ3n) is 2.15. The van der Waals surface area contributed by atoms with Gasteiger partial charge in [-0.05, 0) is 31.5 Å². The van der Waals surface area contributed by atoms with Gasteiger partial charge in [-0.15, -0.1) is 0 Å². The lowest BCUT2D eigenvalue weighted by Gasteiger charge is -2.13. The lowest BCUT2D eigenvalue weighted by molar-refractivity contribution is 0.147. The van der Waals surface area contributed by atoms with Crippen LogP contribution in [0.4, 0.5) is 0 Å². The van der Waals surface area contributed by atoms with Gasteiger partial charge in [-0.3, -0.25) is 0 Å². The molecule has 0 spiro atoms. The highest BCUT2D eigenvalue weighted by Gasteiger charge is 2.04. The van der Waals surface area contributed by atoms with Gasteiger partial charge in [0.15, 0.2) is 0 Å². The summed E-state index contributed by atoms with van der Waals surface area (Å²) in [7, 11) is 0. The molecule has 0 bridgehead atoms. The average Bonchev–Trinajstić information content (AvgIpc) is 2.24. The maximum atomic E-state index is 5.81. The summed E-state index contributed by atoms with van der Waals surface area (Å²) in [5.41, 5.74) is 1.14. The molecule has 4 heteroatoms. The molecule has 0 fully saturated rings. The van der Waals surface area contributed by atoms with E-state index in [9.17, 15) is 0 Å². The van der Waals surface area contributed by atoms with Gasteiger partial charge in [0.2, 0.25) is 0 Å². The zero-order valence-electron chi connectivity index (χ0n) is 9.16. The first-order valence-corrected chi connectivity index (χ1v) is 5.54. The number of hydrogen-bond acceptors (Lipinski definition) is 3. The second-order valence-electron chi connectivity index (χ2n) is 3.28. The van der Waals surface area contributed by atoms with Crippen LogP contribution in [0, 0.1) is 0 Å². The van der Waals surface area contributed by atoms with E-state index < -0.39 is 0 Å². The Balaban J connectivity index is 2.36. The van der Waals surface area contributed by atoms with Gasteiger partial charge in [0, 0.05) is 25.4 Å². The predicted molar refractivity (Wildman–Crippen MR) is 62.2 cm³/mol. The topological polar surface area (TPSA) is 34.1 Å². The van der Waals surface area contributed by atoms with E-state index >= 15 is 0 Å². The first kappa shape index (κ1) is 12.4. The van der Waals surface area contributed by atoms with Crippen LogP contribution in [-0.4, -0.2) is 24.7 Å². The standard InChI is InChI=1S/C11H17ClN2O/c1-3-15-7-6-13-9(2)10-4-5-14-11(12)8-10/h4-5,8-9,13H,3,6-7H2,1-2H3. The third kappa shape index (κ3) is 4.60. The van der Waals surface area contributed by atoms with E-state index in [2.05, 4.69) is 17.2 Å². The number of hydrogen-bond donors (Lipinski definition) is 1. The number of halogens is 1. The predicted octanol–water partition coefficient (Wildman–Crippen LogP) is 2.42. The minimum absolute atomic E-state index is 0.269. The highest BCUT2D eigenvalue weighted by molar-refractivity contribution is 6.29. The Hall–Kier alpha value is -0.640. The molecule has 1 N–H and O–H groups in total. The molecule has 0 saturated carbocycles. The second kappa shape index (κ2) is 6.77. The van der Waals surface area contributed by atoms with E-state index in [0.717, 1.165) is 25.3 Å². The lowest BCUT2D eigenvalue weighted by atomic mass is 10.1. The van der Waals surface area contributed by atoms with Gasteiger partial charge in [-0.2, -0.15) is 0 Å². The minimum atomic E-state index is 0.269. The molecule has 0 radical (unpaired) electrons. The smallest absolute Gasteiger partial charge is 0.129 e. The molecule has 1 aromatic rings. The van der Waals surface area contributed by atoms with E-state index in [1.54, 1.807) is 6.20 Å². The van der Waals surface area contributed by atoms with Crippen LogP contribution in [0.1, 0.15) is 25.5 Å². The molecule has 0 aliphatic rings. The number of aromatic nitrogens is 1. The van der Waals surface area contributed by atoms with Crippen molar-refractivity contribution in [3.8, 4) is 0 Å². The van der Waals surface area contributed by atoms with Crippen molar-refractivity contribution in [2.45, 2.75) is 19.9 Å². The van der Waals surface area contributed by atoms with Gasteiger partial charge in [-0.1, -0.05) is 11.6 Å². The van der Waals surface area contributed by atoms with Gasteiger partial charge in [0.05, 0.1) is 6.61 Å². The van der Waals surface area contributed by atoms with Crippen LogP contribution in [-0.2, 0) is 4.74 Å². The van der Waals surface area contributed by atoms with Crippen LogP contribution in [0.3, 0.4) is 0 Å². The Morgan fingerprint density at radius 2 is 2.40 bits per heavy atom. The summed E-state index contributed by atoms with van der Waals surface area (Å²) in [6.45, 7) is 6.43. The van der Waals surface area contributed by atoms with E-state index in [4.69, 9.17) is 16.3 Å². The van der Waals surface area contributed by atoms with E-state index in [0.29, 0.717) is 5.15 Å². The number of rotatable bonds is 6. The number of nitrogens with zero attached hydrogens (tertiary/aromatic N) is 1.